The first-order chi connectivity index (χ1) is 7.06. The third-order valence-corrected chi connectivity index (χ3v) is 2.08. The van der Waals surface area contributed by atoms with Crippen LogP contribution in [0.4, 0.5) is 0 Å². The maximum atomic E-state index is 9.67. The van der Waals surface area contributed by atoms with Crippen LogP contribution in [0.3, 0.4) is 0 Å². The Hall–Kier alpha value is -1.79. The second kappa shape index (κ2) is 4.63. The van der Waals surface area contributed by atoms with Crippen LogP contribution in [0.5, 0.6) is 0 Å². The van der Waals surface area contributed by atoms with Crippen molar-refractivity contribution in [2.75, 3.05) is 0 Å². The minimum Gasteiger partial charge on any atom is -0.506 e. The number of nitriles is 1. The van der Waals surface area contributed by atoms with Gasteiger partial charge in [0.05, 0.1) is 0 Å². The maximum Gasteiger partial charge on any atom is 0.143 e. The van der Waals surface area contributed by atoms with Gasteiger partial charge in [0.25, 0.3) is 0 Å². The minimum absolute atomic E-state index is 0.222. The molecule has 0 radical (unpaired) electrons. The van der Waals surface area contributed by atoms with Crippen molar-refractivity contribution in [3.8, 4) is 6.07 Å². The number of nitrogens with zero attached hydrogens (tertiary/aromatic N) is 1. The lowest BCUT2D eigenvalue weighted by Gasteiger charge is -2.02. The van der Waals surface area contributed by atoms with Crippen molar-refractivity contribution in [2.45, 2.75) is 6.92 Å². The standard InChI is InChI=1S/C11H9ClN2O/c1-7-2-4-8(5-3-7)10(15)9(6-13)11(12)14/h2-5,14-15H,1H3/b10-9-,14-11?. The summed E-state index contributed by atoms with van der Waals surface area (Å²) in [5, 5.41) is 25.0. The van der Waals surface area contributed by atoms with E-state index in [9.17, 15) is 5.11 Å². The average molecular weight is 221 g/mol. The highest BCUT2D eigenvalue weighted by molar-refractivity contribution is 6.69. The van der Waals surface area contributed by atoms with E-state index in [-0.39, 0.29) is 11.3 Å². The molecule has 15 heavy (non-hydrogen) atoms. The van der Waals surface area contributed by atoms with Gasteiger partial charge in [0.2, 0.25) is 0 Å². The number of halogens is 1. The van der Waals surface area contributed by atoms with Crippen molar-refractivity contribution in [2.24, 2.45) is 0 Å². The normalized spacial score (nSPS) is 11.5. The van der Waals surface area contributed by atoms with Crippen molar-refractivity contribution in [3.63, 3.8) is 0 Å². The molecule has 0 aliphatic rings. The monoisotopic (exact) mass is 220 g/mol. The number of allylic oxidation sites excluding steroid dienone is 1. The molecule has 0 heterocycles. The fourth-order valence-electron chi connectivity index (χ4n) is 1.06. The number of benzene rings is 1. The number of nitrogens with one attached hydrogen (secondary N) is 1. The van der Waals surface area contributed by atoms with Gasteiger partial charge in [0, 0.05) is 5.56 Å². The zero-order valence-corrected chi connectivity index (χ0v) is 8.84. The molecule has 0 fully saturated rings. The van der Waals surface area contributed by atoms with Crippen LogP contribution in [0.25, 0.3) is 5.76 Å². The lowest BCUT2D eigenvalue weighted by atomic mass is 10.1. The molecular weight excluding hydrogens is 212 g/mol. The Morgan fingerprint density at radius 1 is 1.40 bits per heavy atom. The lowest BCUT2D eigenvalue weighted by Crippen LogP contribution is -1.96. The van der Waals surface area contributed by atoms with Crippen molar-refractivity contribution < 1.29 is 5.11 Å². The summed E-state index contributed by atoms with van der Waals surface area (Å²) in [5.41, 5.74) is 1.30. The van der Waals surface area contributed by atoms with Gasteiger partial charge in [0.15, 0.2) is 0 Å². The average Bonchev–Trinajstić information content (AvgIpc) is 2.19. The summed E-state index contributed by atoms with van der Waals surface area (Å²) in [4.78, 5) is 0. The van der Waals surface area contributed by atoms with Crippen LogP contribution in [-0.2, 0) is 0 Å². The molecule has 0 aliphatic heterocycles. The molecule has 2 N–H and O–H groups in total. The largest absolute Gasteiger partial charge is 0.506 e. The summed E-state index contributed by atoms with van der Waals surface area (Å²) < 4.78 is 0. The molecule has 1 aromatic carbocycles. The molecule has 0 spiro atoms. The van der Waals surface area contributed by atoms with Crippen LogP contribution >= 0.6 is 11.6 Å². The van der Waals surface area contributed by atoms with Gasteiger partial charge >= 0.3 is 0 Å². The van der Waals surface area contributed by atoms with Gasteiger partial charge in [-0.15, -0.1) is 0 Å². The van der Waals surface area contributed by atoms with Crippen molar-refractivity contribution in [1.82, 2.24) is 0 Å². The topological polar surface area (TPSA) is 67.9 Å². The molecule has 0 atom stereocenters. The first-order valence-corrected chi connectivity index (χ1v) is 4.59. The van der Waals surface area contributed by atoms with Gasteiger partial charge in [-0.25, -0.2) is 0 Å². The third-order valence-electron chi connectivity index (χ3n) is 1.89. The molecule has 76 valence electrons. The molecule has 4 heteroatoms. The molecule has 1 aromatic rings. The molecule has 0 unspecified atom stereocenters. The smallest absolute Gasteiger partial charge is 0.143 e. The second-order valence-corrected chi connectivity index (χ2v) is 3.39. The van der Waals surface area contributed by atoms with E-state index in [0.717, 1.165) is 5.56 Å². The van der Waals surface area contributed by atoms with Gasteiger partial charge < -0.3 is 5.11 Å². The van der Waals surface area contributed by atoms with Gasteiger partial charge in [-0.1, -0.05) is 41.4 Å². The fourth-order valence-corrected chi connectivity index (χ4v) is 1.19. The number of aliphatic hydroxyl groups is 1. The Morgan fingerprint density at radius 2 is 1.93 bits per heavy atom. The van der Waals surface area contributed by atoms with Gasteiger partial charge in [-0.2, -0.15) is 5.26 Å². The van der Waals surface area contributed by atoms with Crippen LogP contribution < -0.4 is 0 Å². The zero-order valence-electron chi connectivity index (χ0n) is 8.08. The lowest BCUT2D eigenvalue weighted by molar-refractivity contribution is 0.510. The first-order valence-electron chi connectivity index (χ1n) is 4.21. The summed E-state index contributed by atoms with van der Waals surface area (Å²) in [7, 11) is 0. The summed E-state index contributed by atoms with van der Waals surface area (Å²) >= 11 is 5.36. The minimum atomic E-state index is -0.462. The van der Waals surface area contributed by atoms with Crippen LogP contribution in [-0.4, -0.2) is 10.3 Å². The van der Waals surface area contributed by atoms with E-state index in [4.69, 9.17) is 22.3 Å². The Labute approximate surface area is 92.7 Å². The van der Waals surface area contributed by atoms with Crippen molar-refractivity contribution in [3.05, 3.63) is 41.0 Å². The highest BCUT2D eigenvalue weighted by Crippen LogP contribution is 2.17. The van der Waals surface area contributed by atoms with Gasteiger partial charge in [-0.3, -0.25) is 5.41 Å². The number of aliphatic hydroxyl groups excluding tert-OH is 1. The summed E-state index contributed by atoms with van der Waals surface area (Å²) in [6.07, 6.45) is 0. The molecular formula is C11H9ClN2O. The van der Waals surface area contributed by atoms with Gasteiger partial charge in [0.1, 0.15) is 22.6 Å². The van der Waals surface area contributed by atoms with Crippen LogP contribution in [0.1, 0.15) is 11.1 Å². The van der Waals surface area contributed by atoms with Crippen LogP contribution in [0, 0.1) is 23.7 Å². The van der Waals surface area contributed by atoms with E-state index in [0.29, 0.717) is 5.56 Å². The van der Waals surface area contributed by atoms with Crippen molar-refractivity contribution in [1.29, 1.82) is 10.7 Å². The summed E-state index contributed by atoms with van der Waals surface area (Å²) in [5.74, 6) is -0.266. The Balaban J connectivity index is 3.24. The number of hydrogen-bond acceptors (Lipinski definition) is 3. The highest BCUT2D eigenvalue weighted by Gasteiger charge is 2.10. The summed E-state index contributed by atoms with van der Waals surface area (Å²) in [6.45, 7) is 1.92. The fraction of sp³-hybridized carbons (Fsp3) is 0.0909. The van der Waals surface area contributed by atoms with Crippen molar-refractivity contribution >= 4 is 22.5 Å². The molecule has 0 aromatic heterocycles. The van der Waals surface area contributed by atoms with E-state index >= 15 is 0 Å². The molecule has 0 saturated heterocycles. The van der Waals surface area contributed by atoms with E-state index in [2.05, 4.69) is 0 Å². The van der Waals surface area contributed by atoms with Crippen LogP contribution in [0.15, 0.2) is 29.8 Å². The van der Waals surface area contributed by atoms with E-state index < -0.39 is 5.17 Å². The van der Waals surface area contributed by atoms with Crippen LogP contribution in [0.2, 0.25) is 0 Å². The second-order valence-electron chi connectivity index (χ2n) is 3.02. The number of aryl methyl sites for hydroxylation is 1. The van der Waals surface area contributed by atoms with E-state index in [1.54, 1.807) is 30.3 Å². The molecule has 0 aliphatic carbocycles. The molecule has 0 amide bonds. The Bertz CT molecular complexity index is 454. The predicted molar refractivity (Wildman–Crippen MR) is 59.9 cm³/mol. The number of rotatable bonds is 2. The Kier molecular flexibility index (Phi) is 3.48. The first kappa shape index (κ1) is 11.3. The molecule has 0 bridgehead atoms. The quantitative estimate of drug-likeness (QED) is 0.457. The maximum absolute atomic E-state index is 9.67. The molecule has 1 rings (SSSR count). The SMILES string of the molecule is Cc1ccc(/C(O)=C(\C#N)C(=N)Cl)cc1. The van der Waals surface area contributed by atoms with Gasteiger partial charge in [-0.05, 0) is 6.92 Å². The Morgan fingerprint density at radius 3 is 2.33 bits per heavy atom. The third kappa shape index (κ3) is 2.58. The molecule has 0 saturated carbocycles. The summed E-state index contributed by atoms with van der Waals surface area (Å²) in [6, 6.07) is 8.63. The predicted octanol–water partition coefficient (Wildman–Crippen LogP) is 3.00. The van der Waals surface area contributed by atoms with E-state index in [1.807, 2.05) is 6.92 Å². The highest BCUT2D eigenvalue weighted by atomic mass is 35.5. The zero-order chi connectivity index (χ0) is 11.4. The molecule has 3 nitrogen and oxygen atoms in total. The number of hydrogen-bond donors (Lipinski definition) is 2. The van der Waals surface area contributed by atoms with E-state index in [1.165, 1.54) is 0 Å².